The van der Waals surface area contributed by atoms with Crippen molar-refractivity contribution < 1.29 is 5.11 Å². The highest BCUT2D eigenvalue weighted by molar-refractivity contribution is 5.49. The van der Waals surface area contributed by atoms with Crippen molar-refractivity contribution in [3.63, 3.8) is 0 Å². The molecule has 0 aliphatic heterocycles. The van der Waals surface area contributed by atoms with Crippen molar-refractivity contribution in [1.82, 2.24) is 0 Å². The summed E-state index contributed by atoms with van der Waals surface area (Å²) in [5.41, 5.74) is 8.26. The summed E-state index contributed by atoms with van der Waals surface area (Å²) >= 11 is 0. The molecule has 1 aromatic carbocycles. The van der Waals surface area contributed by atoms with Gasteiger partial charge < -0.3 is 15.7 Å². The van der Waals surface area contributed by atoms with Gasteiger partial charge in [0.1, 0.15) is 0 Å². The molecule has 0 spiro atoms. The predicted octanol–water partition coefficient (Wildman–Crippen LogP) is 2.84. The van der Waals surface area contributed by atoms with Gasteiger partial charge in [0.15, 0.2) is 0 Å². The molecular formula is C16H26N2O. The van der Waals surface area contributed by atoms with E-state index >= 15 is 0 Å². The fourth-order valence-corrected chi connectivity index (χ4v) is 2.99. The van der Waals surface area contributed by atoms with Gasteiger partial charge in [0.05, 0.1) is 6.61 Å². The first-order valence-electron chi connectivity index (χ1n) is 7.45. The number of aliphatic hydroxyl groups is 1. The third kappa shape index (κ3) is 3.71. The lowest BCUT2D eigenvalue weighted by Crippen LogP contribution is -2.38. The number of anilines is 1. The zero-order chi connectivity index (χ0) is 13.7. The molecular weight excluding hydrogens is 236 g/mol. The molecule has 1 saturated carbocycles. The quantitative estimate of drug-likeness (QED) is 0.858. The predicted molar refractivity (Wildman–Crippen MR) is 80.3 cm³/mol. The molecule has 2 rings (SSSR count). The average molecular weight is 262 g/mol. The summed E-state index contributed by atoms with van der Waals surface area (Å²) < 4.78 is 0. The van der Waals surface area contributed by atoms with Crippen LogP contribution in [-0.2, 0) is 0 Å². The Labute approximate surface area is 116 Å². The molecule has 1 aliphatic carbocycles. The number of benzene rings is 1. The minimum atomic E-state index is 0.0787. The summed E-state index contributed by atoms with van der Waals surface area (Å²) in [5, 5.41) is 9.31. The van der Waals surface area contributed by atoms with Crippen LogP contribution in [0.1, 0.15) is 50.6 Å². The first-order valence-corrected chi connectivity index (χ1v) is 7.45. The van der Waals surface area contributed by atoms with E-state index in [1.54, 1.807) is 0 Å². The van der Waals surface area contributed by atoms with Gasteiger partial charge in [-0.25, -0.2) is 0 Å². The van der Waals surface area contributed by atoms with Crippen LogP contribution in [0.4, 0.5) is 5.69 Å². The molecule has 0 unspecified atom stereocenters. The number of aliphatic hydroxyl groups excluding tert-OH is 1. The van der Waals surface area contributed by atoms with Crippen LogP contribution in [0.3, 0.4) is 0 Å². The van der Waals surface area contributed by atoms with Crippen molar-refractivity contribution in [3.05, 3.63) is 29.8 Å². The summed E-state index contributed by atoms with van der Waals surface area (Å²) in [4.78, 5) is 2.37. The number of hydrogen-bond acceptors (Lipinski definition) is 3. The molecule has 0 saturated heterocycles. The van der Waals surface area contributed by atoms with E-state index in [1.165, 1.54) is 37.8 Å². The maximum absolute atomic E-state index is 9.31. The van der Waals surface area contributed by atoms with Gasteiger partial charge in [0, 0.05) is 24.3 Å². The molecule has 0 heterocycles. The first-order chi connectivity index (χ1) is 9.22. The van der Waals surface area contributed by atoms with Crippen LogP contribution in [-0.4, -0.2) is 24.3 Å². The van der Waals surface area contributed by atoms with Gasteiger partial charge in [-0.3, -0.25) is 0 Å². The lowest BCUT2D eigenvalue weighted by atomic mass is 9.93. The van der Waals surface area contributed by atoms with Crippen molar-refractivity contribution in [1.29, 1.82) is 0 Å². The molecule has 3 heteroatoms. The number of hydrogen-bond donors (Lipinski definition) is 2. The second-order valence-corrected chi connectivity index (χ2v) is 5.59. The fourth-order valence-electron chi connectivity index (χ4n) is 2.99. The second-order valence-electron chi connectivity index (χ2n) is 5.59. The van der Waals surface area contributed by atoms with Crippen molar-refractivity contribution >= 4 is 5.69 Å². The van der Waals surface area contributed by atoms with Crippen molar-refractivity contribution in [2.45, 2.75) is 51.1 Å². The molecule has 106 valence electrons. The maximum Gasteiger partial charge on any atom is 0.0606 e. The standard InChI is InChI=1S/C16H26N2O/c1-13(17)14-7-9-16(10-8-14)18(11-12-19)15-5-3-2-4-6-15/h7-10,13,15,19H,2-6,11-12,17H2,1H3/t13-/m1/s1. The van der Waals surface area contributed by atoms with Crippen LogP contribution in [0.5, 0.6) is 0 Å². The summed E-state index contributed by atoms with van der Waals surface area (Å²) in [6, 6.07) is 9.16. The highest BCUT2D eigenvalue weighted by Gasteiger charge is 2.21. The maximum atomic E-state index is 9.31. The molecule has 0 radical (unpaired) electrons. The van der Waals surface area contributed by atoms with Crippen LogP contribution in [0.25, 0.3) is 0 Å². The number of nitrogens with two attached hydrogens (primary N) is 1. The minimum absolute atomic E-state index is 0.0787. The lowest BCUT2D eigenvalue weighted by molar-refractivity contribution is 0.290. The topological polar surface area (TPSA) is 49.5 Å². The Hall–Kier alpha value is -1.06. The van der Waals surface area contributed by atoms with Crippen LogP contribution in [0.15, 0.2) is 24.3 Å². The molecule has 1 aliphatic rings. The Balaban J connectivity index is 2.13. The molecule has 19 heavy (non-hydrogen) atoms. The Morgan fingerprint density at radius 2 is 1.84 bits per heavy atom. The third-order valence-corrected chi connectivity index (χ3v) is 4.11. The summed E-state index contributed by atoms with van der Waals surface area (Å²) in [7, 11) is 0. The van der Waals surface area contributed by atoms with Gasteiger partial charge in [-0.1, -0.05) is 31.4 Å². The van der Waals surface area contributed by atoms with E-state index in [1.807, 2.05) is 6.92 Å². The summed E-state index contributed by atoms with van der Waals surface area (Å²) in [6.45, 7) is 2.94. The smallest absolute Gasteiger partial charge is 0.0606 e. The lowest BCUT2D eigenvalue weighted by Gasteiger charge is -2.36. The van der Waals surface area contributed by atoms with Gasteiger partial charge in [-0.05, 0) is 37.5 Å². The Morgan fingerprint density at radius 3 is 2.37 bits per heavy atom. The van der Waals surface area contributed by atoms with E-state index in [2.05, 4.69) is 29.2 Å². The fraction of sp³-hybridized carbons (Fsp3) is 0.625. The second kappa shape index (κ2) is 6.92. The van der Waals surface area contributed by atoms with Crippen LogP contribution >= 0.6 is 0 Å². The van der Waals surface area contributed by atoms with E-state index in [4.69, 9.17) is 5.73 Å². The van der Waals surface area contributed by atoms with E-state index < -0.39 is 0 Å². The average Bonchev–Trinajstić information content (AvgIpc) is 2.46. The van der Waals surface area contributed by atoms with Crippen LogP contribution in [0.2, 0.25) is 0 Å². The molecule has 0 amide bonds. The highest BCUT2D eigenvalue weighted by atomic mass is 16.3. The van der Waals surface area contributed by atoms with E-state index in [-0.39, 0.29) is 12.6 Å². The largest absolute Gasteiger partial charge is 0.395 e. The van der Waals surface area contributed by atoms with Gasteiger partial charge in [0.2, 0.25) is 0 Å². The molecule has 3 N–H and O–H groups in total. The minimum Gasteiger partial charge on any atom is -0.395 e. The molecule has 0 aromatic heterocycles. The zero-order valence-electron chi connectivity index (χ0n) is 11.9. The van der Waals surface area contributed by atoms with Crippen LogP contribution < -0.4 is 10.6 Å². The van der Waals surface area contributed by atoms with Gasteiger partial charge in [0.25, 0.3) is 0 Å². The van der Waals surface area contributed by atoms with Gasteiger partial charge in [-0.15, -0.1) is 0 Å². The van der Waals surface area contributed by atoms with E-state index in [0.29, 0.717) is 6.04 Å². The Bertz CT molecular complexity index is 369. The Morgan fingerprint density at radius 1 is 1.21 bits per heavy atom. The van der Waals surface area contributed by atoms with E-state index in [0.717, 1.165) is 12.1 Å². The van der Waals surface area contributed by atoms with Crippen molar-refractivity contribution in [2.24, 2.45) is 5.73 Å². The Kier molecular flexibility index (Phi) is 5.23. The van der Waals surface area contributed by atoms with Crippen LogP contribution in [0, 0.1) is 0 Å². The number of rotatable bonds is 5. The summed E-state index contributed by atoms with van der Waals surface area (Å²) in [5.74, 6) is 0. The molecule has 1 fully saturated rings. The monoisotopic (exact) mass is 262 g/mol. The molecule has 1 aromatic rings. The molecule has 3 nitrogen and oxygen atoms in total. The van der Waals surface area contributed by atoms with Crippen molar-refractivity contribution in [2.75, 3.05) is 18.1 Å². The van der Waals surface area contributed by atoms with Gasteiger partial charge in [-0.2, -0.15) is 0 Å². The van der Waals surface area contributed by atoms with Gasteiger partial charge >= 0.3 is 0 Å². The summed E-state index contributed by atoms with van der Waals surface area (Å²) in [6.07, 6.45) is 6.46. The van der Waals surface area contributed by atoms with E-state index in [9.17, 15) is 5.11 Å². The molecule has 0 bridgehead atoms. The third-order valence-electron chi connectivity index (χ3n) is 4.11. The SMILES string of the molecule is C[C@@H](N)c1ccc(N(CCO)C2CCCCC2)cc1. The highest BCUT2D eigenvalue weighted by Crippen LogP contribution is 2.27. The number of nitrogens with zero attached hydrogens (tertiary/aromatic N) is 1. The zero-order valence-corrected chi connectivity index (χ0v) is 11.9. The molecule has 1 atom stereocenters. The van der Waals surface area contributed by atoms with Crippen molar-refractivity contribution in [3.8, 4) is 0 Å². The normalized spacial score (nSPS) is 18.3. The first kappa shape index (κ1) is 14.4.